The minimum absolute atomic E-state index is 1.09. The van der Waals surface area contributed by atoms with Gasteiger partial charge in [0.1, 0.15) is 0 Å². The maximum Gasteiger partial charge on any atom is 0.0547 e. The van der Waals surface area contributed by atoms with Crippen molar-refractivity contribution in [2.45, 2.75) is 0 Å². The zero-order chi connectivity index (χ0) is 42.4. The lowest BCUT2D eigenvalue weighted by Crippen LogP contribution is -2.12. The summed E-state index contributed by atoms with van der Waals surface area (Å²) in [5.74, 6) is 0. The number of hydrogen-bond donors (Lipinski definition) is 0. The van der Waals surface area contributed by atoms with Gasteiger partial charge in [-0.25, -0.2) is 0 Å². The summed E-state index contributed by atoms with van der Waals surface area (Å²) in [6.07, 6.45) is 0. The predicted molar refractivity (Wildman–Crippen MR) is 272 cm³/mol. The van der Waals surface area contributed by atoms with Gasteiger partial charge in [-0.2, -0.15) is 0 Å². The number of anilines is 3. The van der Waals surface area contributed by atoms with Gasteiger partial charge in [0, 0.05) is 33.1 Å². The Bertz CT molecular complexity index is 3660. The molecule has 0 aliphatic rings. The molecule has 0 aliphatic heterocycles. The van der Waals surface area contributed by atoms with Crippen LogP contribution in [-0.2, 0) is 0 Å². The molecule has 0 N–H and O–H groups in total. The van der Waals surface area contributed by atoms with Crippen molar-refractivity contribution in [2.24, 2.45) is 0 Å². The van der Waals surface area contributed by atoms with Gasteiger partial charge in [0.05, 0.1) is 22.4 Å². The van der Waals surface area contributed by atoms with E-state index < -0.39 is 0 Å². The van der Waals surface area contributed by atoms with Gasteiger partial charge in [-0.1, -0.05) is 200 Å². The lowest BCUT2D eigenvalue weighted by molar-refractivity contribution is 1.18. The highest BCUT2D eigenvalue weighted by Crippen LogP contribution is 2.47. The normalized spacial score (nSPS) is 11.4. The number of aromatic nitrogens is 1. The number of hydrogen-bond acceptors (Lipinski definition) is 1. The van der Waals surface area contributed by atoms with Crippen LogP contribution in [0.3, 0.4) is 0 Å². The quantitative estimate of drug-likeness (QED) is 0.139. The van der Waals surface area contributed by atoms with Gasteiger partial charge in [-0.05, 0) is 110 Å². The van der Waals surface area contributed by atoms with Crippen LogP contribution in [0.4, 0.5) is 17.1 Å². The average Bonchev–Trinajstić information content (AvgIpc) is 3.72. The summed E-state index contributed by atoms with van der Waals surface area (Å²) in [5, 5.41) is 7.38. The summed E-state index contributed by atoms with van der Waals surface area (Å²) in [4.78, 5) is 2.47. The van der Waals surface area contributed by atoms with Crippen molar-refractivity contribution in [1.29, 1.82) is 0 Å². The molecule has 0 spiro atoms. The Balaban J connectivity index is 1.05. The minimum atomic E-state index is 1.09. The van der Waals surface area contributed by atoms with Crippen LogP contribution in [0.25, 0.3) is 93.5 Å². The number of nitrogens with zero attached hydrogens (tertiary/aromatic N) is 2. The highest BCUT2D eigenvalue weighted by molar-refractivity contribution is 6.17. The van der Waals surface area contributed by atoms with E-state index in [4.69, 9.17) is 0 Å². The predicted octanol–water partition coefficient (Wildman–Crippen LogP) is 17.2. The Morgan fingerprint density at radius 2 is 0.797 bits per heavy atom. The van der Waals surface area contributed by atoms with Crippen LogP contribution in [0, 0.1) is 0 Å². The lowest BCUT2D eigenvalue weighted by Gasteiger charge is -2.30. The van der Waals surface area contributed by atoms with E-state index in [1.54, 1.807) is 0 Å². The molecule has 0 amide bonds. The molecule has 0 fully saturated rings. The van der Waals surface area contributed by atoms with Crippen LogP contribution >= 0.6 is 0 Å². The molecule has 0 unspecified atom stereocenters. The van der Waals surface area contributed by atoms with Gasteiger partial charge in [-0.15, -0.1) is 0 Å². The Morgan fingerprint density at radius 3 is 1.56 bits per heavy atom. The van der Waals surface area contributed by atoms with Crippen LogP contribution in [0.15, 0.2) is 255 Å². The fourth-order valence-corrected chi connectivity index (χ4v) is 9.90. The van der Waals surface area contributed by atoms with Crippen LogP contribution in [0.5, 0.6) is 0 Å². The Morgan fingerprint density at radius 1 is 0.281 bits per heavy atom. The largest absolute Gasteiger partial charge is 0.309 e. The smallest absolute Gasteiger partial charge is 0.0547 e. The van der Waals surface area contributed by atoms with E-state index in [-0.39, 0.29) is 0 Å². The summed E-state index contributed by atoms with van der Waals surface area (Å²) in [7, 11) is 0. The molecule has 11 aromatic carbocycles. The third-order valence-electron chi connectivity index (χ3n) is 12.8. The maximum absolute atomic E-state index is 2.47. The van der Waals surface area contributed by atoms with Gasteiger partial charge in [0.25, 0.3) is 0 Å². The van der Waals surface area contributed by atoms with Gasteiger partial charge in [0.15, 0.2) is 0 Å². The number of para-hydroxylation sites is 3. The number of rotatable bonds is 8. The second kappa shape index (κ2) is 15.8. The van der Waals surface area contributed by atoms with Crippen molar-refractivity contribution in [2.75, 3.05) is 4.90 Å². The molecular formula is C62H42N2. The molecule has 2 heteroatoms. The lowest BCUT2D eigenvalue weighted by atomic mass is 9.93. The molecule has 0 aliphatic carbocycles. The summed E-state index contributed by atoms with van der Waals surface area (Å²) in [6.45, 7) is 0. The molecule has 0 saturated heterocycles. The maximum atomic E-state index is 2.47. The summed E-state index contributed by atoms with van der Waals surface area (Å²) in [5.41, 5.74) is 16.4. The number of fused-ring (bicyclic) bond motifs is 6. The van der Waals surface area contributed by atoms with Gasteiger partial charge in [-0.3, -0.25) is 0 Å². The highest BCUT2D eigenvalue weighted by atomic mass is 15.1. The Labute approximate surface area is 373 Å². The molecule has 12 rings (SSSR count). The topological polar surface area (TPSA) is 8.17 Å². The van der Waals surface area contributed by atoms with Gasteiger partial charge in [0.2, 0.25) is 0 Å². The first-order valence-electron chi connectivity index (χ1n) is 22.0. The van der Waals surface area contributed by atoms with E-state index in [2.05, 4.69) is 264 Å². The van der Waals surface area contributed by atoms with Crippen LogP contribution in [0.1, 0.15) is 0 Å². The Hall–Kier alpha value is -8.46. The third kappa shape index (κ3) is 6.35. The van der Waals surface area contributed by atoms with E-state index in [0.717, 1.165) is 33.9 Å². The minimum Gasteiger partial charge on any atom is -0.309 e. The van der Waals surface area contributed by atoms with Crippen molar-refractivity contribution in [3.63, 3.8) is 0 Å². The van der Waals surface area contributed by atoms with Crippen molar-refractivity contribution in [1.82, 2.24) is 4.57 Å². The molecule has 2 nitrogen and oxygen atoms in total. The first kappa shape index (κ1) is 37.3. The van der Waals surface area contributed by atoms with Crippen molar-refractivity contribution in [3.8, 4) is 50.2 Å². The van der Waals surface area contributed by atoms with Gasteiger partial charge >= 0.3 is 0 Å². The van der Waals surface area contributed by atoms with E-state index in [1.807, 2.05) is 0 Å². The molecule has 0 atom stereocenters. The average molecular weight is 815 g/mol. The standard InChI is InChI=1S/C62H42N2/c1-3-19-43(20-4-1)50-26-9-10-27-51(50)44-37-39-49(40-38-44)64(61-42-47-21-7-8-28-52(47)55-30-11-12-31-56(55)61)58-34-15-13-29-53(58)45-22-17-23-46(41-45)54-33-18-36-60-62(54)57-32-14-16-35-59(57)63(60)48-24-5-2-6-25-48/h1-42H. The fraction of sp³-hybridized carbons (Fsp3) is 0. The van der Waals surface area contributed by atoms with E-state index in [0.29, 0.717) is 0 Å². The molecular weight excluding hydrogens is 773 g/mol. The van der Waals surface area contributed by atoms with Crippen LogP contribution in [0.2, 0.25) is 0 Å². The van der Waals surface area contributed by atoms with E-state index in [1.165, 1.54) is 76.7 Å². The Kier molecular flexibility index (Phi) is 9.20. The molecule has 0 saturated carbocycles. The molecule has 300 valence electrons. The molecule has 12 aromatic rings. The van der Waals surface area contributed by atoms with Crippen molar-refractivity contribution < 1.29 is 0 Å². The van der Waals surface area contributed by atoms with E-state index in [9.17, 15) is 0 Å². The first-order valence-corrected chi connectivity index (χ1v) is 22.0. The van der Waals surface area contributed by atoms with Gasteiger partial charge < -0.3 is 9.47 Å². The van der Waals surface area contributed by atoms with Crippen molar-refractivity contribution in [3.05, 3.63) is 255 Å². The summed E-state index contributed by atoms with van der Waals surface area (Å²) >= 11 is 0. The van der Waals surface area contributed by atoms with Crippen LogP contribution in [-0.4, -0.2) is 4.57 Å². The fourth-order valence-electron chi connectivity index (χ4n) is 9.90. The molecule has 1 aromatic heterocycles. The highest BCUT2D eigenvalue weighted by Gasteiger charge is 2.22. The number of benzene rings is 11. The van der Waals surface area contributed by atoms with E-state index >= 15 is 0 Å². The van der Waals surface area contributed by atoms with Crippen LogP contribution < -0.4 is 4.90 Å². The zero-order valence-corrected chi connectivity index (χ0v) is 35.1. The van der Waals surface area contributed by atoms with Crippen molar-refractivity contribution >= 4 is 60.4 Å². The molecule has 0 bridgehead atoms. The second-order valence-electron chi connectivity index (χ2n) is 16.4. The summed E-state index contributed by atoms with van der Waals surface area (Å²) in [6, 6.07) is 92.7. The molecule has 64 heavy (non-hydrogen) atoms. The summed E-state index contributed by atoms with van der Waals surface area (Å²) < 4.78 is 2.39. The zero-order valence-electron chi connectivity index (χ0n) is 35.1. The second-order valence-corrected chi connectivity index (χ2v) is 16.4. The molecule has 1 heterocycles. The third-order valence-corrected chi connectivity index (χ3v) is 12.8. The monoisotopic (exact) mass is 814 g/mol. The first-order chi connectivity index (χ1) is 31.8. The molecule has 0 radical (unpaired) electrons. The SMILES string of the molecule is c1ccc(-c2ccccc2-c2ccc(N(c3ccccc3-c3cccc(-c4cccc5c4c4ccccc4n5-c4ccccc4)c3)c3cc4ccccc4c4ccccc34)cc2)cc1.